The van der Waals surface area contributed by atoms with Crippen molar-refractivity contribution in [3.63, 3.8) is 0 Å². The summed E-state index contributed by atoms with van der Waals surface area (Å²) in [6, 6.07) is 53.7. The van der Waals surface area contributed by atoms with E-state index in [-0.39, 0.29) is 25.8 Å². The van der Waals surface area contributed by atoms with Crippen LogP contribution in [0.4, 0.5) is 61.2 Å². The number of piperidine rings is 4. The van der Waals surface area contributed by atoms with Gasteiger partial charge in [0.2, 0.25) is 0 Å². The third-order valence-corrected chi connectivity index (χ3v) is 33.4. The van der Waals surface area contributed by atoms with Gasteiger partial charge in [0.15, 0.2) is 52.2 Å². The Kier molecular flexibility index (Phi) is 32.0. The van der Waals surface area contributed by atoms with Crippen molar-refractivity contribution in [1.29, 1.82) is 0 Å². The van der Waals surface area contributed by atoms with E-state index < -0.39 is 24.2 Å². The van der Waals surface area contributed by atoms with Crippen LogP contribution >= 0.6 is 79.8 Å². The number of nitrogens with two attached hydrogens (primary N) is 6. The Bertz CT molecular complexity index is 7640. The monoisotopic (exact) mass is 2130 g/mol. The highest BCUT2D eigenvalue weighted by molar-refractivity contribution is 7.99. The quantitative estimate of drug-likeness (QED) is 0.0435. The number of aryl methyl sites for hydroxylation is 3. The number of fused-ring (bicyclic) bond motifs is 7. The highest BCUT2D eigenvalue weighted by Crippen LogP contribution is 2.42. The molecule has 6 fully saturated rings. The second kappa shape index (κ2) is 46.0. The number of rotatable bonds is 18. The second-order valence-electron chi connectivity index (χ2n) is 37.9. The first-order valence-electron chi connectivity index (χ1n) is 49.3. The SMILES string of the molecule is Cc1cccc(-c2nc(N)c3cc(CN4CCC(F)CC4)sc3n2)c1.Cc1cccc(-c2nc(N)c3cc(CN4CCOCC4)sc3n2)c1.Cc1cccc(-c2nc(N)c3cc(CN4CCSCC4)sc3n2)c1.Nc1nc(-c2cc3ccccc3o2)nc2sc(CN3CCC(F)CC3)cc12.Nc1nc(-c2ccco2)nc2sc(CN3CCC(F)(F)CC3)cc12.Nc1nc(-c2ccco2)nc2sc(CN3CCCC(F)(F)C3)cc12. The molecule has 25 rings (SSSR count). The van der Waals surface area contributed by atoms with Crippen LogP contribution in [0.1, 0.15) is 97.3 Å². The number of furan rings is 3. The van der Waals surface area contributed by atoms with Gasteiger partial charge in [0.1, 0.15) is 81.8 Å². The van der Waals surface area contributed by atoms with Gasteiger partial charge in [0, 0.05) is 187 Å². The van der Waals surface area contributed by atoms with Gasteiger partial charge in [-0.25, -0.2) is 86.2 Å². The van der Waals surface area contributed by atoms with Gasteiger partial charge in [-0.3, -0.25) is 29.4 Å². The first-order valence-corrected chi connectivity index (χ1v) is 55.3. The van der Waals surface area contributed by atoms with E-state index in [1.165, 1.54) is 70.4 Å². The van der Waals surface area contributed by atoms with Crippen LogP contribution in [0.5, 0.6) is 0 Å². The Morgan fingerprint density at radius 2 is 0.655 bits per heavy atom. The van der Waals surface area contributed by atoms with Gasteiger partial charge < -0.3 is 52.4 Å². The molecule has 6 aliphatic rings. The summed E-state index contributed by atoms with van der Waals surface area (Å²) in [6.07, 6.45) is 4.63. The summed E-state index contributed by atoms with van der Waals surface area (Å²) in [4.78, 5) is 80.0. The zero-order valence-corrected chi connectivity index (χ0v) is 87.6. The number of thiophene rings is 6. The Balaban J connectivity index is 0.000000108. The van der Waals surface area contributed by atoms with Gasteiger partial charge in [-0.05, 0) is 150 Å². The van der Waals surface area contributed by atoms with E-state index >= 15 is 0 Å². The van der Waals surface area contributed by atoms with Crippen LogP contribution in [0.25, 0.3) is 141 Å². The lowest BCUT2D eigenvalue weighted by Crippen LogP contribution is -2.41. The van der Waals surface area contributed by atoms with Crippen LogP contribution in [0.2, 0.25) is 0 Å². The minimum Gasteiger partial charge on any atom is -0.461 e. The van der Waals surface area contributed by atoms with E-state index in [9.17, 15) is 26.3 Å². The number of hydrogen-bond acceptors (Lipinski definition) is 35. The number of hydrogen-bond donors (Lipinski definition) is 6. The molecule has 0 radical (unpaired) electrons. The number of benzene rings is 4. The Hall–Kier alpha value is -12.3. The number of nitrogens with zero attached hydrogens (tertiary/aromatic N) is 18. The van der Waals surface area contributed by atoms with Gasteiger partial charge in [-0.15, -0.1) is 68.0 Å². The van der Waals surface area contributed by atoms with E-state index in [0.717, 1.165) is 190 Å². The smallest absolute Gasteiger partial charge is 0.260 e. The maximum Gasteiger partial charge on any atom is 0.260 e. The fourth-order valence-electron chi connectivity index (χ4n) is 18.6. The van der Waals surface area contributed by atoms with Crippen molar-refractivity contribution >= 4 is 187 Å². The molecule has 28 nitrogen and oxygen atoms in total. The van der Waals surface area contributed by atoms with E-state index in [0.29, 0.717) is 152 Å². The number of anilines is 6. The largest absolute Gasteiger partial charge is 0.461 e. The molecule has 12 N–H and O–H groups in total. The summed E-state index contributed by atoms with van der Waals surface area (Å²) in [5.41, 5.74) is 44.3. The van der Waals surface area contributed by atoms with Crippen molar-refractivity contribution in [3.05, 3.63) is 222 Å². The zero-order chi connectivity index (χ0) is 102. The first kappa shape index (κ1) is 103. The van der Waals surface area contributed by atoms with E-state index in [1.807, 2.05) is 95.5 Å². The summed E-state index contributed by atoms with van der Waals surface area (Å²) in [5, 5.41) is 6.30. The molecule has 4 aromatic carbocycles. The maximum absolute atomic E-state index is 13.5. The standard InChI is InChI=1S/C20H19FN4OS.C19H21FN4S.C18H20N4OS.C18H20N4S2.2C16H16F2N4OS/c21-13-5-7-25(8-6-13)11-14-10-15-18(22)23-19(24-20(15)27-14)17-9-12-3-1-2-4-16(12)26-17;1-12-3-2-4-13(9-12)18-22-17(21)16-10-15(25-19(16)23-18)11-24-7-5-14(20)6-8-24;2*1-12-3-2-4-13(9-12)17-20-16(19)15-10-14(24-18(15)21-17)11-22-5-7-23-8-6-22;17-16(18)4-2-5-22(9-16)8-10-7-11-13(19)20-14(21-15(11)24-10)12-3-1-6-23-12;17-16(18)3-5-22(6-4-16)9-10-8-11-13(19)20-14(21-15(11)24-10)12-2-1-7-23-12/h1-4,9-10,13H,5-8,11H2,(H2,22,23,24);2-4,9-10,14H,5-8,11H2,1H3,(H2,21,22,23);2*2-4,9-10H,5-8,11H2,1H3,(H2,19,20,21);1,3,6-7H,2,4-5,8-9H2,(H2,19,20,21);1-2,7-8H,3-6,9H2,(H2,19,20,21). The van der Waals surface area contributed by atoms with Gasteiger partial charge in [0.05, 0.1) is 64.6 Å². The predicted molar refractivity (Wildman–Crippen MR) is 589 cm³/mol. The predicted octanol–water partition coefficient (Wildman–Crippen LogP) is 23.2. The number of ether oxygens (including phenoxy) is 1. The minimum atomic E-state index is -2.60. The van der Waals surface area contributed by atoms with Crippen molar-refractivity contribution in [1.82, 2.24) is 89.2 Å². The van der Waals surface area contributed by atoms with Gasteiger partial charge in [-0.2, -0.15) is 11.8 Å². The lowest BCUT2D eigenvalue weighted by molar-refractivity contribution is -0.0659. The molecule has 6 saturated heterocycles. The van der Waals surface area contributed by atoms with E-state index in [1.54, 1.807) is 87.0 Å². The molecule has 0 bridgehead atoms. The lowest BCUT2D eigenvalue weighted by Gasteiger charge is -2.31. The molecule has 148 heavy (non-hydrogen) atoms. The van der Waals surface area contributed by atoms with Crippen molar-refractivity contribution in [2.75, 3.05) is 138 Å². The highest BCUT2D eigenvalue weighted by Gasteiger charge is 2.37. The molecule has 19 aromatic rings. The topological polar surface area (TPSA) is 379 Å². The van der Waals surface area contributed by atoms with Gasteiger partial charge in [0.25, 0.3) is 11.8 Å². The van der Waals surface area contributed by atoms with Crippen molar-refractivity contribution in [3.8, 4) is 68.9 Å². The van der Waals surface area contributed by atoms with Crippen LogP contribution < -0.4 is 34.4 Å². The Labute approximate surface area is 878 Å². The minimum absolute atomic E-state index is 0.0269. The molecule has 15 aromatic heterocycles. The maximum atomic E-state index is 13.5. The number of para-hydroxylation sites is 1. The zero-order valence-electron chi connectivity index (χ0n) is 81.9. The summed E-state index contributed by atoms with van der Waals surface area (Å²) in [5.74, 6) is 5.42. The molecule has 0 amide bonds. The average molecular weight is 2140 g/mol. The van der Waals surface area contributed by atoms with Crippen molar-refractivity contribution < 1.29 is 44.3 Å². The molecule has 0 saturated carbocycles. The fraction of sp³-hybridized carbons (Fsp3) is 0.346. The van der Waals surface area contributed by atoms with Crippen molar-refractivity contribution in [2.45, 2.75) is 136 Å². The molecule has 0 atom stereocenters. The number of nitrogen functional groups attached to an aromatic ring is 6. The second-order valence-corrected chi connectivity index (χ2v) is 45.8. The summed E-state index contributed by atoms with van der Waals surface area (Å²) in [7, 11) is 0. The van der Waals surface area contributed by atoms with Gasteiger partial charge >= 0.3 is 0 Å². The normalized spacial score (nSPS) is 16.9. The number of aromatic nitrogens is 12. The summed E-state index contributed by atoms with van der Waals surface area (Å²) in [6.45, 7) is 21.2. The van der Waals surface area contributed by atoms with Crippen LogP contribution in [0, 0.1) is 20.8 Å². The third-order valence-electron chi connectivity index (χ3n) is 26.4. The molecule has 6 aliphatic heterocycles. The molecular weight excluding hydrogens is 2020 g/mol. The molecule has 0 spiro atoms. The third kappa shape index (κ3) is 25.7. The number of thioether (sulfide) groups is 1. The molecule has 41 heteroatoms. The molecule has 0 aliphatic carbocycles. The molecule has 0 unspecified atom stereocenters. The fourth-order valence-corrected chi connectivity index (χ4v) is 26.0. The Morgan fingerprint density at radius 1 is 0.324 bits per heavy atom. The van der Waals surface area contributed by atoms with Crippen LogP contribution in [0.3, 0.4) is 0 Å². The van der Waals surface area contributed by atoms with Gasteiger partial charge in [-0.1, -0.05) is 89.5 Å². The van der Waals surface area contributed by atoms with Crippen molar-refractivity contribution in [2.24, 2.45) is 0 Å². The van der Waals surface area contributed by atoms with Crippen LogP contribution in [-0.4, -0.2) is 217 Å². The number of likely N-dealkylation sites (tertiary alicyclic amines) is 4. The summed E-state index contributed by atoms with van der Waals surface area (Å²) >= 11 is 11.7. The lowest BCUT2D eigenvalue weighted by atomic mass is 10.1. The van der Waals surface area contributed by atoms with E-state index in [2.05, 4.69) is 146 Å². The van der Waals surface area contributed by atoms with E-state index in [4.69, 9.17) is 67.3 Å². The van der Waals surface area contributed by atoms with Crippen LogP contribution in [-0.2, 0) is 44.0 Å². The summed E-state index contributed by atoms with van der Waals surface area (Å²) < 4.78 is 102. The highest BCUT2D eigenvalue weighted by atomic mass is 32.2. The average Bonchev–Trinajstić information content (AvgIpc) is 1.63. The molecule has 768 valence electrons. The number of morpholine rings is 1. The molecule has 21 heterocycles. The molecular formula is C107H112F6N24O4S7. The van der Waals surface area contributed by atoms with Crippen LogP contribution in [0.15, 0.2) is 190 Å². The number of halogens is 6. The first-order chi connectivity index (χ1) is 71.6. The number of alkyl halides is 6. The Morgan fingerprint density at radius 3 is 1.01 bits per heavy atom.